The molecule has 5 amide bonds. The fraction of sp³-hybridized carbons (Fsp3) is 0.433. The van der Waals surface area contributed by atoms with Gasteiger partial charge in [-0.3, -0.25) is 49.2 Å². The summed E-state index contributed by atoms with van der Waals surface area (Å²) in [5, 5.41) is 19.6. The number of amides is 5. The minimum absolute atomic E-state index is 0.0582. The lowest BCUT2D eigenvalue weighted by molar-refractivity contribution is -0.384. The predicted octanol–water partition coefficient (Wildman–Crippen LogP) is 9.72. The molecule has 0 radical (unpaired) electrons. The standard InChI is InChI=1S/C67H76ClN11O10S/c1-67(2)25-23-47(55(38-67)45-11-13-48(68)14-12-45)41-74-27-29-76(30-28-74)50-17-19-54(60(36-50)89-51-35-46-24-26-69-63(46)71-40-51)64(82)73-90(87,88)52-18-20-57(59(37-52)79(85)86)70-39-43-9-15-49(16-10-43)75-31-33-77(34-32-75)62(81)8-4-6-44-5-3-7-53-56(44)42-78(66(53)84)58-21-22-61(80)72-65(58)83/h3,5,7,11-14,17-20,24,26,35-37,40,43,49,58,70H,4,6,8-10,15-16,21-23,25,27-34,38-39,41-42H2,1-2H3,(H,69,71)(H,73,82)(H,72,80,83). The number of allylic oxidation sites excluding steroid dienone is 1. The smallest absolute Gasteiger partial charge is 0.293 e. The quantitative estimate of drug-likeness (QED) is 0.0335. The first-order chi connectivity index (χ1) is 43.3. The van der Waals surface area contributed by atoms with Gasteiger partial charge in [0.15, 0.2) is 0 Å². The van der Waals surface area contributed by atoms with Gasteiger partial charge in [0.2, 0.25) is 17.7 Å². The molecule has 4 aromatic carbocycles. The zero-order valence-electron chi connectivity index (χ0n) is 50.8. The number of nitrogens with one attached hydrogen (secondary N) is 4. The second kappa shape index (κ2) is 26.3. The van der Waals surface area contributed by atoms with E-state index in [1.165, 1.54) is 35.0 Å². The summed E-state index contributed by atoms with van der Waals surface area (Å²) in [5.41, 5.74) is 7.82. The number of hydrogen-bond acceptors (Lipinski definition) is 15. The van der Waals surface area contributed by atoms with Gasteiger partial charge in [-0.2, -0.15) is 0 Å². The average Bonchev–Trinajstić information content (AvgIpc) is 1.80. The topological polar surface area (TPSA) is 253 Å². The van der Waals surface area contributed by atoms with Crippen molar-refractivity contribution in [1.29, 1.82) is 0 Å². The minimum atomic E-state index is -4.64. The van der Waals surface area contributed by atoms with Gasteiger partial charge in [0.05, 0.1) is 21.6 Å². The van der Waals surface area contributed by atoms with E-state index in [1.807, 2.05) is 35.2 Å². The van der Waals surface area contributed by atoms with Crippen molar-refractivity contribution in [1.82, 2.24) is 39.6 Å². The van der Waals surface area contributed by atoms with Crippen molar-refractivity contribution in [2.24, 2.45) is 11.3 Å². The number of fused-ring (bicyclic) bond motifs is 2. The molecule has 90 heavy (non-hydrogen) atoms. The number of carbonyl (C=O) groups excluding carboxylic acids is 5. The molecule has 0 bridgehead atoms. The van der Waals surface area contributed by atoms with Crippen molar-refractivity contribution in [2.45, 2.75) is 114 Å². The first-order valence-corrected chi connectivity index (χ1v) is 33.2. The summed E-state index contributed by atoms with van der Waals surface area (Å²) < 4.78 is 36.6. The van der Waals surface area contributed by atoms with Crippen LogP contribution >= 0.6 is 11.6 Å². The Morgan fingerprint density at radius 3 is 2.41 bits per heavy atom. The van der Waals surface area contributed by atoms with Gasteiger partial charge in [-0.15, -0.1) is 0 Å². The van der Waals surface area contributed by atoms with Crippen LogP contribution in [-0.2, 0) is 37.4 Å². The van der Waals surface area contributed by atoms with Crippen LogP contribution in [0.1, 0.15) is 122 Å². The molecule has 1 unspecified atom stereocenters. The van der Waals surface area contributed by atoms with Gasteiger partial charge in [0.25, 0.3) is 27.5 Å². The number of sulfonamides is 1. The van der Waals surface area contributed by atoms with Gasteiger partial charge in [-0.25, -0.2) is 18.1 Å². The molecule has 6 aromatic rings. The van der Waals surface area contributed by atoms with E-state index < -0.39 is 43.4 Å². The maximum atomic E-state index is 14.2. The second-order valence-electron chi connectivity index (χ2n) is 25.6. The maximum absolute atomic E-state index is 14.2. The van der Waals surface area contributed by atoms with Crippen molar-refractivity contribution in [2.75, 3.05) is 75.7 Å². The Balaban J connectivity index is 0.626. The van der Waals surface area contributed by atoms with E-state index in [4.69, 9.17) is 16.3 Å². The number of hydrogen-bond donors (Lipinski definition) is 4. The number of aromatic amines is 1. The lowest BCUT2D eigenvalue weighted by Crippen LogP contribution is -2.52. The molecule has 4 fully saturated rings. The van der Waals surface area contributed by atoms with E-state index in [1.54, 1.807) is 41.4 Å². The number of piperazine rings is 2. The summed E-state index contributed by atoms with van der Waals surface area (Å²) in [6, 6.07) is 25.7. The number of imide groups is 1. The number of aromatic nitrogens is 2. The van der Waals surface area contributed by atoms with Crippen LogP contribution in [0, 0.1) is 21.4 Å². The van der Waals surface area contributed by atoms with Crippen molar-refractivity contribution in [3.8, 4) is 11.5 Å². The van der Waals surface area contributed by atoms with Crippen LogP contribution in [0.25, 0.3) is 16.6 Å². The largest absolute Gasteiger partial charge is 0.455 e. The molecule has 6 heterocycles. The number of benzene rings is 4. The third-order valence-corrected chi connectivity index (χ3v) is 20.7. The maximum Gasteiger partial charge on any atom is 0.293 e. The number of carbonyl (C=O) groups is 5. The van der Waals surface area contributed by atoms with E-state index in [-0.39, 0.29) is 52.5 Å². The van der Waals surface area contributed by atoms with Crippen LogP contribution in [0.2, 0.25) is 5.02 Å². The molecule has 23 heteroatoms. The number of anilines is 2. The number of ether oxygens (including phenoxy) is 1. The average molecular weight is 1260 g/mol. The Kier molecular flexibility index (Phi) is 18.2. The molecule has 4 aliphatic heterocycles. The molecular formula is C67H76ClN11O10S. The fourth-order valence-corrected chi connectivity index (χ4v) is 15.1. The zero-order chi connectivity index (χ0) is 62.8. The number of aryl methyl sites for hydroxylation is 1. The number of nitrogens with zero attached hydrogens (tertiary/aromatic N) is 7. The third-order valence-electron chi connectivity index (χ3n) is 19.1. The molecule has 1 atom stereocenters. The van der Waals surface area contributed by atoms with Crippen LogP contribution < -0.4 is 25.0 Å². The predicted molar refractivity (Wildman–Crippen MR) is 343 cm³/mol. The highest BCUT2D eigenvalue weighted by Gasteiger charge is 2.40. The van der Waals surface area contributed by atoms with Crippen molar-refractivity contribution >= 4 is 84.8 Å². The molecule has 6 aliphatic rings. The van der Waals surface area contributed by atoms with Crippen LogP contribution in [0.4, 0.5) is 17.1 Å². The number of H-pyrrole nitrogens is 1. The molecule has 2 aliphatic carbocycles. The van der Waals surface area contributed by atoms with Crippen molar-refractivity contribution < 1.29 is 42.1 Å². The Bertz CT molecular complexity index is 3900. The molecule has 2 aromatic heterocycles. The van der Waals surface area contributed by atoms with E-state index in [0.29, 0.717) is 88.0 Å². The lowest BCUT2D eigenvalue weighted by atomic mass is 9.72. The molecular weight excluding hydrogens is 1190 g/mol. The van der Waals surface area contributed by atoms with E-state index in [9.17, 15) is 42.5 Å². The van der Waals surface area contributed by atoms with Gasteiger partial charge in [0, 0.05) is 131 Å². The molecule has 472 valence electrons. The molecule has 4 N–H and O–H groups in total. The van der Waals surface area contributed by atoms with Crippen molar-refractivity contribution in [3.05, 3.63) is 152 Å². The minimum Gasteiger partial charge on any atom is -0.455 e. The number of nitro groups is 1. The molecule has 21 nitrogen and oxygen atoms in total. The Morgan fingerprint density at radius 1 is 0.878 bits per heavy atom. The van der Waals surface area contributed by atoms with Gasteiger partial charge in [0.1, 0.15) is 28.9 Å². The number of rotatable bonds is 19. The van der Waals surface area contributed by atoms with Crippen LogP contribution in [0.5, 0.6) is 11.5 Å². The fourth-order valence-electron chi connectivity index (χ4n) is 14.0. The van der Waals surface area contributed by atoms with E-state index in [0.717, 1.165) is 111 Å². The van der Waals surface area contributed by atoms with Crippen LogP contribution in [0.3, 0.4) is 0 Å². The number of nitro benzene ring substituents is 1. The highest BCUT2D eigenvalue weighted by atomic mass is 35.5. The number of pyridine rings is 1. The summed E-state index contributed by atoms with van der Waals surface area (Å²) in [6.07, 6.45) is 12.2. The van der Waals surface area contributed by atoms with E-state index >= 15 is 0 Å². The van der Waals surface area contributed by atoms with Gasteiger partial charge in [-0.1, -0.05) is 55.3 Å². The Hall–Kier alpha value is -8.18. The highest BCUT2D eigenvalue weighted by Crippen LogP contribution is 2.44. The van der Waals surface area contributed by atoms with Crippen molar-refractivity contribution in [3.63, 3.8) is 0 Å². The third kappa shape index (κ3) is 13.9. The number of piperidine rings is 1. The Morgan fingerprint density at radius 2 is 1.66 bits per heavy atom. The van der Waals surface area contributed by atoms with Gasteiger partial charge in [-0.05, 0) is 152 Å². The monoisotopic (exact) mass is 1260 g/mol. The van der Waals surface area contributed by atoms with Gasteiger partial charge >= 0.3 is 0 Å². The summed E-state index contributed by atoms with van der Waals surface area (Å²) in [4.78, 5) is 94.9. The summed E-state index contributed by atoms with van der Waals surface area (Å²) >= 11 is 6.28. The summed E-state index contributed by atoms with van der Waals surface area (Å²) in [5.74, 6) is -1.20. The molecule has 1 saturated carbocycles. The SMILES string of the molecule is CC1(C)CCC(CN2CCN(c3ccc(C(=O)NS(=O)(=O)c4ccc(NCC5CCC(N6CCN(C(=O)CCCc7cccc8c7CN(C7CCC(=O)NC7=O)C8=O)CC6)CC5)c([N+](=O)[O-])c4)c(Oc4cnc5[nH]ccc5c4)c3)CC2)=C(c2ccc(Cl)cc2)C1. The van der Waals surface area contributed by atoms with E-state index in [2.05, 4.69) is 66.0 Å². The summed E-state index contributed by atoms with van der Waals surface area (Å²) in [7, 11) is -4.64. The Labute approximate surface area is 528 Å². The lowest BCUT2D eigenvalue weighted by Gasteiger charge is -2.42. The second-order valence-corrected chi connectivity index (χ2v) is 27.7. The molecule has 0 spiro atoms. The zero-order valence-corrected chi connectivity index (χ0v) is 52.4. The van der Waals surface area contributed by atoms with Gasteiger partial charge < -0.3 is 29.7 Å². The molecule has 3 saturated heterocycles. The highest BCUT2D eigenvalue weighted by molar-refractivity contribution is 7.90. The molecule has 12 rings (SSSR count). The summed E-state index contributed by atoms with van der Waals surface area (Å²) in [6.45, 7) is 12.1. The first kappa shape index (κ1) is 62.0. The van der Waals surface area contributed by atoms with Crippen LogP contribution in [0.15, 0.2) is 114 Å². The van der Waals surface area contributed by atoms with Crippen LogP contribution in [-0.4, -0.2) is 150 Å². The first-order valence-electron chi connectivity index (χ1n) is 31.4. The normalized spacial score (nSPS) is 20.9. The number of halogens is 1.